The molecule has 0 saturated carbocycles. The zero-order valence-electron chi connectivity index (χ0n) is 15.8. The number of carbonyl (C=O) groups excluding carboxylic acids is 2. The molecule has 1 atom stereocenters. The lowest BCUT2D eigenvalue weighted by Crippen LogP contribution is -2.43. The molecular formula is C23H21BrFNO2. The van der Waals surface area contributed by atoms with Crippen molar-refractivity contribution in [3.8, 4) is 0 Å². The summed E-state index contributed by atoms with van der Waals surface area (Å²) in [5, 5.41) is 0. The monoisotopic (exact) mass is 441 g/mol. The Morgan fingerprint density at radius 1 is 1.07 bits per heavy atom. The molecule has 1 aliphatic heterocycles. The average molecular weight is 442 g/mol. The Morgan fingerprint density at radius 3 is 2.54 bits per heavy atom. The van der Waals surface area contributed by atoms with E-state index in [9.17, 15) is 14.0 Å². The number of carbonyl (C=O) groups is 2. The minimum atomic E-state index is -0.401. The lowest BCUT2D eigenvalue weighted by atomic mass is 9.69. The number of nitrogens with zero attached hydrogens (tertiary/aromatic N) is 1. The largest absolute Gasteiger partial charge is 0.294 e. The molecule has 1 heterocycles. The van der Waals surface area contributed by atoms with Crippen LogP contribution in [0.4, 0.5) is 10.1 Å². The van der Waals surface area contributed by atoms with Gasteiger partial charge in [-0.1, -0.05) is 54.0 Å². The maximum Gasteiger partial charge on any atom is 0.232 e. The van der Waals surface area contributed by atoms with E-state index in [-0.39, 0.29) is 29.4 Å². The van der Waals surface area contributed by atoms with Crippen molar-refractivity contribution in [2.45, 2.75) is 39.0 Å². The molecule has 0 fully saturated rings. The first-order valence-corrected chi connectivity index (χ1v) is 10.2. The van der Waals surface area contributed by atoms with Gasteiger partial charge in [-0.25, -0.2) is 4.39 Å². The smallest absolute Gasteiger partial charge is 0.232 e. The van der Waals surface area contributed by atoms with Crippen LogP contribution in [0.25, 0.3) is 0 Å². The van der Waals surface area contributed by atoms with Gasteiger partial charge in [0.1, 0.15) is 5.82 Å². The fourth-order valence-corrected chi connectivity index (χ4v) is 4.91. The van der Waals surface area contributed by atoms with E-state index in [1.54, 1.807) is 17.0 Å². The molecule has 2 aliphatic rings. The van der Waals surface area contributed by atoms with Gasteiger partial charge in [0, 0.05) is 34.5 Å². The zero-order chi connectivity index (χ0) is 20.1. The summed E-state index contributed by atoms with van der Waals surface area (Å²) >= 11 is 3.57. The number of hydrogen-bond acceptors (Lipinski definition) is 2. The minimum Gasteiger partial charge on any atom is -0.294 e. The van der Waals surface area contributed by atoms with Crippen molar-refractivity contribution in [3.63, 3.8) is 0 Å². The Bertz CT molecular complexity index is 1010. The van der Waals surface area contributed by atoms with Crippen LogP contribution in [0.5, 0.6) is 0 Å². The van der Waals surface area contributed by atoms with Crippen molar-refractivity contribution in [3.05, 3.63) is 75.7 Å². The van der Waals surface area contributed by atoms with Crippen molar-refractivity contribution in [2.24, 2.45) is 5.41 Å². The molecule has 2 aromatic rings. The first-order valence-electron chi connectivity index (χ1n) is 9.36. The van der Waals surface area contributed by atoms with E-state index in [1.165, 1.54) is 12.1 Å². The maximum atomic E-state index is 13.9. The predicted octanol–water partition coefficient (Wildman–Crippen LogP) is 5.75. The van der Waals surface area contributed by atoms with Crippen LogP contribution in [0.3, 0.4) is 0 Å². The van der Waals surface area contributed by atoms with Crippen molar-refractivity contribution in [2.75, 3.05) is 4.90 Å². The number of allylic oxidation sites excluding steroid dienone is 2. The van der Waals surface area contributed by atoms with E-state index >= 15 is 0 Å². The molecule has 0 radical (unpaired) electrons. The molecule has 1 aliphatic carbocycles. The SMILES string of the molecule is CC1(C)CC(=O)C2=C(C1)N(c1cccc(F)c1)C(=O)CC2c1ccccc1Br. The number of anilines is 1. The molecule has 0 aromatic heterocycles. The highest BCUT2D eigenvalue weighted by Gasteiger charge is 2.44. The van der Waals surface area contributed by atoms with E-state index in [0.717, 1.165) is 10.0 Å². The van der Waals surface area contributed by atoms with Gasteiger partial charge in [-0.15, -0.1) is 0 Å². The van der Waals surface area contributed by atoms with Gasteiger partial charge in [-0.3, -0.25) is 14.5 Å². The standard InChI is InChI=1S/C23H21BrFNO2/c1-23(2)12-19-22(20(27)13-23)17(16-8-3-4-9-18(16)24)11-21(28)26(19)15-7-5-6-14(25)10-15/h3-10,17H,11-13H2,1-2H3. The van der Waals surface area contributed by atoms with Crippen LogP contribution in [-0.2, 0) is 9.59 Å². The van der Waals surface area contributed by atoms with Gasteiger partial charge < -0.3 is 0 Å². The fourth-order valence-electron chi connectivity index (χ4n) is 4.35. The number of benzene rings is 2. The third kappa shape index (κ3) is 3.32. The number of halogens is 2. The van der Waals surface area contributed by atoms with Crippen LogP contribution >= 0.6 is 15.9 Å². The minimum absolute atomic E-state index is 0.0703. The molecule has 4 rings (SSSR count). The first-order chi connectivity index (χ1) is 13.3. The molecule has 0 bridgehead atoms. The number of ketones is 1. The molecule has 1 amide bonds. The van der Waals surface area contributed by atoms with Gasteiger partial charge in [-0.05, 0) is 41.7 Å². The number of hydrogen-bond donors (Lipinski definition) is 0. The number of rotatable bonds is 2. The molecule has 28 heavy (non-hydrogen) atoms. The van der Waals surface area contributed by atoms with Crippen LogP contribution in [0.2, 0.25) is 0 Å². The van der Waals surface area contributed by atoms with Gasteiger partial charge in [0.2, 0.25) is 5.91 Å². The predicted molar refractivity (Wildman–Crippen MR) is 110 cm³/mol. The lowest BCUT2D eigenvalue weighted by molar-refractivity contribution is -0.121. The van der Waals surface area contributed by atoms with Crippen LogP contribution in [0.1, 0.15) is 44.6 Å². The second-order valence-electron chi connectivity index (χ2n) is 8.29. The van der Waals surface area contributed by atoms with E-state index in [4.69, 9.17) is 0 Å². The second-order valence-corrected chi connectivity index (χ2v) is 9.14. The van der Waals surface area contributed by atoms with E-state index in [2.05, 4.69) is 15.9 Å². The lowest BCUT2D eigenvalue weighted by Gasteiger charge is -2.43. The molecule has 0 spiro atoms. The van der Waals surface area contributed by atoms with Crippen LogP contribution < -0.4 is 4.90 Å². The summed E-state index contributed by atoms with van der Waals surface area (Å²) in [4.78, 5) is 28.0. The van der Waals surface area contributed by atoms with Gasteiger partial charge in [0.15, 0.2) is 5.78 Å². The molecule has 0 saturated heterocycles. The van der Waals surface area contributed by atoms with E-state index in [0.29, 0.717) is 29.8 Å². The maximum absolute atomic E-state index is 13.9. The quantitative estimate of drug-likeness (QED) is 0.594. The van der Waals surface area contributed by atoms with Crippen molar-refractivity contribution >= 4 is 33.3 Å². The highest BCUT2D eigenvalue weighted by atomic mass is 79.9. The first kappa shape index (κ1) is 19.1. The molecule has 0 N–H and O–H groups in total. The van der Waals surface area contributed by atoms with Gasteiger partial charge >= 0.3 is 0 Å². The molecule has 144 valence electrons. The fraction of sp³-hybridized carbons (Fsp3) is 0.304. The third-order valence-corrected chi connectivity index (χ3v) is 6.21. The number of amides is 1. The third-order valence-electron chi connectivity index (χ3n) is 5.49. The Kier molecular flexibility index (Phi) is 4.74. The molecule has 1 unspecified atom stereocenters. The van der Waals surface area contributed by atoms with Gasteiger partial charge in [-0.2, -0.15) is 0 Å². The van der Waals surface area contributed by atoms with Gasteiger partial charge in [0.05, 0.1) is 5.69 Å². The van der Waals surface area contributed by atoms with Crippen LogP contribution in [0.15, 0.2) is 64.3 Å². The Labute approximate surface area is 172 Å². The number of Topliss-reactive ketones (excluding diaryl/α,β-unsaturated/α-hetero) is 1. The van der Waals surface area contributed by atoms with E-state index in [1.807, 2.05) is 38.1 Å². The van der Waals surface area contributed by atoms with Crippen LogP contribution in [-0.4, -0.2) is 11.7 Å². The normalized spacial score (nSPS) is 21.7. The summed E-state index contributed by atoms with van der Waals surface area (Å²) in [7, 11) is 0. The summed E-state index contributed by atoms with van der Waals surface area (Å²) < 4.78 is 14.8. The Morgan fingerprint density at radius 2 is 1.82 bits per heavy atom. The summed E-state index contributed by atoms with van der Waals surface area (Å²) in [6.45, 7) is 4.07. The molecule has 2 aromatic carbocycles. The summed E-state index contributed by atoms with van der Waals surface area (Å²) in [5.41, 5.74) is 2.57. The second kappa shape index (κ2) is 6.96. The summed E-state index contributed by atoms with van der Waals surface area (Å²) in [5.74, 6) is -0.732. The molecule has 5 heteroatoms. The van der Waals surface area contributed by atoms with Crippen molar-refractivity contribution in [1.29, 1.82) is 0 Å². The van der Waals surface area contributed by atoms with Gasteiger partial charge in [0.25, 0.3) is 0 Å². The Hall–Kier alpha value is -2.27. The highest BCUT2D eigenvalue weighted by molar-refractivity contribution is 9.10. The van der Waals surface area contributed by atoms with Crippen molar-refractivity contribution < 1.29 is 14.0 Å². The zero-order valence-corrected chi connectivity index (χ0v) is 17.4. The molecule has 3 nitrogen and oxygen atoms in total. The van der Waals surface area contributed by atoms with Crippen molar-refractivity contribution in [1.82, 2.24) is 0 Å². The average Bonchev–Trinajstić information content (AvgIpc) is 2.60. The molecular weight excluding hydrogens is 421 g/mol. The summed E-state index contributed by atoms with van der Waals surface area (Å²) in [6.07, 6.45) is 1.22. The Balaban J connectivity index is 1.93. The van der Waals surface area contributed by atoms with Crippen LogP contribution in [0, 0.1) is 11.2 Å². The van der Waals surface area contributed by atoms with E-state index < -0.39 is 5.82 Å². The highest BCUT2D eigenvalue weighted by Crippen LogP contribution is 2.49. The topological polar surface area (TPSA) is 37.4 Å². The summed E-state index contributed by atoms with van der Waals surface area (Å²) in [6, 6.07) is 13.7.